The van der Waals surface area contributed by atoms with Gasteiger partial charge >= 0.3 is 0 Å². The Morgan fingerprint density at radius 1 is 1.47 bits per heavy atom. The molecule has 0 fully saturated rings. The molecular weight excluding hydrogens is 254 g/mol. The number of likely N-dealkylation sites (N-methyl/N-ethyl adjacent to an activating group) is 1. The van der Waals surface area contributed by atoms with Crippen LogP contribution in [-0.4, -0.2) is 23.1 Å². The Hall–Kier alpha value is -0.840. The van der Waals surface area contributed by atoms with Gasteiger partial charge in [0, 0.05) is 20.0 Å². The summed E-state index contributed by atoms with van der Waals surface area (Å²) in [7, 11) is 4.02. The summed E-state index contributed by atoms with van der Waals surface area (Å²) >= 11 is 7.58. The second-order valence-corrected chi connectivity index (χ2v) is 5.69. The van der Waals surface area contributed by atoms with E-state index in [1.165, 1.54) is 10.6 Å². The maximum absolute atomic E-state index is 5.98. The van der Waals surface area contributed by atoms with Crippen LogP contribution in [-0.2, 0) is 13.5 Å². The topological polar surface area (TPSA) is 29.9 Å². The van der Waals surface area contributed by atoms with Crippen molar-refractivity contribution in [2.45, 2.75) is 13.3 Å². The highest BCUT2D eigenvalue weighted by Crippen LogP contribution is 2.33. The third-order valence-corrected chi connectivity index (χ3v) is 4.01. The predicted molar refractivity (Wildman–Crippen MR) is 73.9 cm³/mol. The first-order chi connectivity index (χ1) is 8.13. The molecule has 92 valence electrons. The molecule has 0 aliphatic rings. The Morgan fingerprint density at radius 2 is 2.24 bits per heavy atom. The lowest BCUT2D eigenvalue weighted by atomic mass is 10.3. The largest absolute Gasteiger partial charge is 0.330 e. The second kappa shape index (κ2) is 5.21. The van der Waals surface area contributed by atoms with Crippen LogP contribution in [0.25, 0.3) is 10.6 Å². The first-order valence-corrected chi connectivity index (χ1v) is 6.75. The van der Waals surface area contributed by atoms with Crippen LogP contribution in [0.4, 0.5) is 0 Å². The minimum Gasteiger partial charge on any atom is -0.330 e. The van der Waals surface area contributed by atoms with Gasteiger partial charge in [-0.1, -0.05) is 11.6 Å². The van der Waals surface area contributed by atoms with E-state index in [0.29, 0.717) is 0 Å². The summed E-state index contributed by atoms with van der Waals surface area (Å²) in [6.07, 6.45) is 0.937. The average Bonchev–Trinajstić information content (AvgIpc) is 2.81. The molecule has 0 aromatic carbocycles. The molecule has 0 unspecified atom stereocenters. The Balaban J connectivity index is 2.37. The van der Waals surface area contributed by atoms with Crippen molar-refractivity contribution in [3.8, 4) is 10.6 Å². The SMILES string of the molecule is CNCCc1nc(C)c(-c2ccc(Cl)s2)n1C. The van der Waals surface area contributed by atoms with Gasteiger partial charge in [-0.2, -0.15) is 0 Å². The van der Waals surface area contributed by atoms with E-state index in [2.05, 4.69) is 28.0 Å². The Labute approximate surface area is 110 Å². The van der Waals surface area contributed by atoms with Crippen LogP contribution in [0.15, 0.2) is 12.1 Å². The molecule has 0 aliphatic heterocycles. The lowest BCUT2D eigenvalue weighted by Crippen LogP contribution is -2.13. The number of hydrogen-bond acceptors (Lipinski definition) is 3. The smallest absolute Gasteiger partial charge is 0.110 e. The van der Waals surface area contributed by atoms with Crippen LogP contribution < -0.4 is 5.32 Å². The molecule has 2 rings (SSSR count). The molecule has 0 saturated heterocycles. The van der Waals surface area contributed by atoms with Crippen molar-refractivity contribution in [2.24, 2.45) is 7.05 Å². The lowest BCUT2D eigenvalue weighted by Gasteiger charge is -2.04. The summed E-state index contributed by atoms with van der Waals surface area (Å²) in [4.78, 5) is 5.80. The van der Waals surface area contributed by atoms with Crippen molar-refractivity contribution >= 4 is 22.9 Å². The van der Waals surface area contributed by atoms with Gasteiger partial charge in [-0.15, -0.1) is 11.3 Å². The summed E-state index contributed by atoms with van der Waals surface area (Å²) in [6.45, 7) is 2.99. The van der Waals surface area contributed by atoms with Gasteiger partial charge in [0.25, 0.3) is 0 Å². The van der Waals surface area contributed by atoms with E-state index in [9.17, 15) is 0 Å². The molecule has 2 heterocycles. The highest BCUT2D eigenvalue weighted by molar-refractivity contribution is 7.19. The first kappa shape index (κ1) is 12.6. The van der Waals surface area contributed by atoms with Gasteiger partial charge in [-0.05, 0) is 26.1 Å². The van der Waals surface area contributed by atoms with Crippen LogP contribution in [0.2, 0.25) is 4.34 Å². The third kappa shape index (κ3) is 2.54. The molecule has 2 aromatic rings. The second-order valence-electron chi connectivity index (χ2n) is 3.98. The molecule has 0 atom stereocenters. The molecular formula is C12H16ClN3S. The maximum atomic E-state index is 5.98. The Morgan fingerprint density at radius 3 is 2.82 bits per heavy atom. The summed E-state index contributed by atoms with van der Waals surface area (Å²) in [6, 6.07) is 3.99. The number of aromatic nitrogens is 2. The number of halogens is 1. The summed E-state index contributed by atoms with van der Waals surface area (Å²) in [5.74, 6) is 1.11. The van der Waals surface area contributed by atoms with E-state index in [1.807, 2.05) is 20.0 Å². The molecule has 5 heteroatoms. The maximum Gasteiger partial charge on any atom is 0.110 e. The number of nitrogens with zero attached hydrogens (tertiary/aromatic N) is 2. The normalized spacial score (nSPS) is 11.1. The number of rotatable bonds is 4. The van der Waals surface area contributed by atoms with E-state index < -0.39 is 0 Å². The van der Waals surface area contributed by atoms with Crippen molar-refractivity contribution in [2.75, 3.05) is 13.6 Å². The van der Waals surface area contributed by atoms with E-state index in [-0.39, 0.29) is 0 Å². The minimum atomic E-state index is 0.817. The van der Waals surface area contributed by atoms with Gasteiger partial charge in [0.15, 0.2) is 0 Å². The number of thiophene rings is 1. The van der Waals surface area contributed by atoms with Gasteiger partial charge in [0.05, 0.1) is 20.6 Å². The molecule has 3 nitrogen and oxygen atoms in total. The highest BCUT2D eigenvalue weighted by Gasteiger charge is 2.14. The standard InChI is InChI=1S/C12H16ClN3S/c1-8-12(9-4-5-10(13)17-9)16(3)11(15-8)6-7-14-2/h4-5,14H,6-7H2,1-3H3. The fraction of sp³-hybridized carbons (Fsp3) is 0.417. The van der Waals surface area contributed by atoms with Gasteiger partial charge < -0.3 is 9.88 Å². The molecule has 0 aliphatic carbocycles. The minimum absolute atomic E-state index is 0.817. The Bertz CT molecular complexity index is 516. The third-order valence-electron chi connectivity index (χ3n) is 2.77. The van der Waals surface area contributed by atoms with Crippen LogP contribution in [0.3, 0.4) is 0 Å². The monoisotopic (exact) mass is 269 g/mol. The molecule has 2 aromatic heterocycles. The van der Waals surface area contributed by atoms with Crippen LogP contribution in [0, 0.1) is 6.92 Å². The molecule has 0 spiro atoms. The summed E-state index contributed by atoms with van der Waals surface area (Å²) in [5.41, 5.74) is 2.24. The zero-order valence-electron chi connectivity index (χ0n) is 10.2. The van der Waals surface area contributed by atoms with Crippen LogP contribution in [0.5, 0.6) is 0 Å². The van der Waals surface area contributed by atoms with Crippen molar-refractivity contribution in [3.63, 3.8) is 0 Å². The van der Waals surface area contributed by atoms with E-state index >= 15 is 0 Å². The number of imidazole rings is 1. The molecule has 0 amide bonds. The number of aryl methyl sites for hydroxylation is 1. The number of hydrogen-bond donors (Lipinski definition) is 1. The zero-order chi connectivity index (χ0) is 12.4. The van der Waals surface area contributed by atoms with E-state index in [4.69, 9.17) is 11.6 Å². The van der Waals surface area contributed by atoms with Gasteiger partial charge in [-0.3, -0.25) is 0 Å². The van der Waals surface area contributed by atoms with Crippen molar-refractivity contribution in [1.29, 1.82) is 0 Å². The molecule has 17 heavy (non-hydrogen) atoms. The summed E-state index contributed by atoms with van der Waals surface area (Å²) < 4.78 is 2.98. The Kier molecular flexibility index (Phi) is 3.86. The van der Waals surface area contributed by atoms with E-state index in [1.54, 1.807) is 11.3 Å². The highest BCUT2D eigenvalue weighted by atomic mass is 35.5. The average molecular weight is 270 g/mol. The van der Waals surface area contributed by atoms with Crippen LogP contribution in [0.1, 0.15) is 11.5 Å². The molecule has 0 radical (unpaired) electrons. The quantitative estimate of drug-likeness (QED) is 0.925. The number of nitrogens with one attached hydrogen (secondary N) is 1. The fourth-order valence-corrected chi connectivity index (χ4v) is 3.11. The fourth-order valence-electron chi connectivity index (χ4n) is 1.94. The lowest BCUT2D eigenvalue weighted by molar-refractivity contribution is 0.720. The first-order valence-electron chi connectivity index (χ1n) is 5.56. The van der Waals surface area contributed by atoms with Crippen molar-refractivity contribution in [3.05, 3.63) is 28.0 Å². The molecule has 1 N–H and O–H groups in total. The zero-order valence-corrected chi connectivity index (χ0v) is 11.8. The molecule has 0 bridgehead atoms. The summed E-state index contributed by atoms with van der Waals surface area (Å²) in [5, 5.41) is 3.14. The van der Waals surface area contributed by atoms with Gasteiger partial charge in [0.2, 0.25) is 0 Å². The predicted octanol–water partition coefficient (Wildman–Crippen LogP) is 2.87. The van der Waals surface area contributed by atoms with Crippen molar-refractivity contribution in [1.82, 2.24) is 14.9 Å². The van der Waals surface area contributed by atoms with Gasteiger partial charge in [-0.25, -0.2) is 4.98 Å². The van der Waals surface area contributed by atoms with Crippen LogP contribution >= 0.6 is 22.9 Å². The van der Waals surface area contributed by atoms with E-state index in [0.717, 1.165) is 28.8 Å². The van der Waals surface area contributed by atoms with Crippen molar-refractivity contribution < 1.29 is 0 Å². The molecule has 0 saturated carbocycles. The van der Waals surface area contributed by atoms with Gasteiger partial charge in [0.1, 0.15) is 5.82 Å².